The Labute approximate surface area is 250 Å². The zero-order valence-electron chi connectivity index (χ0n) is 22.6. The van der Waals surface area contributed by atoms with Gasteiger partial charge in [-0.2, -0.15) is 0 Å². The Morgan fingerprint density at radius 2 is 1.76 bits per heavy atom. The summed E-state index contributed by atoms with van der Waals surface area (Å²) in [5.41, 5.74) is -1.86. The molecule has 3 aromatic rings. The molecule has 0 spiro atoms. The van der Waals surface area contributed by atoms with Crippen molar-refractivity contribution in [1.82, 2.24) is 4.90 Å². The number of rotatable bonds is 9. The van der Waals surface area contributed by atoms with Crippen LogP contribution in [0.5, 0.6) is 11.5 Å². The summed E-state index contributed by atoms with van der Waals surface area (Å²) in [4.78, 5) is 41.4. The smallest absolute Gasteiger partial charge is 0.487 e. The van der Waals surface area contributed by atoms with Crippen molar-refractivity contribution in [3.8, 4) is 11.5 Å². The van der Waals surface area contributed by atoms with Crippen molar-refractivity contribution in [2.24, 2.45) is 4.99 Å². The summed E-state index contributed by atoms with van der Waals surface area (Å²) in [7, 11) is 1.53. The molecule has 9 nitrogen and oxygen atoms in total. The Balaban J connectivity index is 0.00000114. The number of anilines is 1. The molecule has 1 saturated heterocycles. The van der Waals surface area contributed by atoms with E-state index >= 15 is 0 Å². The number of benzene rings is 3. The second-order valence-electron chi connectivity index (χ2n) is 8.77. The van der Waals surface area contributed by atoms with Crippen LogP contribution in [0.2, 0.25) is 0 Å². The monoisotopic (exact) mass is 619 g/mol. The molecule has 42 heavy (non-hydrogen) atoms. The summed E-state index contributed by atoms with van der Waals surface area (Å²) in [6.07, 6.45) is 0.580. The van der Waals surface area contributed by atoms with Crippen LogP contribution in [-0.4, -0.2) is 57.4 Å². The van der Waals surface area contributed by atoms with Gasteiger partial charge >= 0.3 is 5.57 Å². The van der Waals surface area contributed by atoms with Gasteiger partial charge in [0.05, 0.1) is 12.8 Å². The van der Waals surface area contributed by atoms with Gasteiger partial charge in [-0.1, -0.05) is 48.2 Å². The van der Waals surface area contributed by atoms with Crippen molar-refractivity contribution in [1.29, 1.82) is 0 Å². The maximum Gasteiger partial charge on any atom is 0.487 e. The molecule has 0 saturated carbocycles. The number of alkyl halides is 3. The second kappa shape index (κ2) is 15.2. The number of amidine groups is 1. The van der Waals surface area contributed by atoms with Crippen molar-refractivity contribution in [3.05, 3.63) is 84.4 Å². The number of nitrogens with zero attached hydrogens (tertiary/aromatic N) is 2. The molecule has 0 aliphatic carbocycles. The topological polar surface area (TPSA) is 118 Å². The first-order valence-electron chi connectivity index (χ1n) is 12.5. The van der Waals surface area contributed by atoms with Crippen LogP contribution < -0.4 is 14.8 Å². The highest BCUT2D eigenvalue weighted by molar-refractivity contribution is 8.15. The summed E-state index contributed by atoms with van der Waals surface area (Å²) in [6, 6.07) is 22.1. The van der Waals surface area contributed by atoms with Crippen LogP contribution in [0.3, 0.4) is 0 Å². The van der Waals surface area contributed by atoms with Crippen molar-refractivity contribution in [2.45, 2.75) is 30.6 Å². The standard InChI is InChI=1S/C27H24ClF2N3O4S.C2H4O2/c1-36-22-9-5-8-20(16-22)31-25(35)23-17-24(34)33(15-14-18-6-3-2-4-7-18)26(38-23)32-19-10-12-21(13-11-19)37-27(28,29)30;1-2(3)4/h2-13,16,23H,14-15,17H2,1H3,(H,31,35);1H3,(H,3,4). The van der Waals surface area contributed by atoms with Crippen LogP contribution in [0, 0.1) is 0 Å². The Morgan fingerprint density at radius 1 is 1.10 bits per heavy atom. The van der Waals surface area contributed by atoms with E-state index in [2.05, 4.69) is 15.0 Å². The number of hydrogen-bond donors (Lipinski definition) is 2. The van der Waals surface area contributed by atoms with E-state index in [9.17, 15) is 18.4 Å². The van der Waals surface area contributed by atoms with Gasteiger partial charge in [-0.25, -0.2) is 4.99 Å². The zero-order chi connectivity index (χ0) is 30.7. The number of carbonyl (C=O) groups is 3. The van der Waals surface area contributed by atoms with Gasteiger partial charge in [0.25, 0.3) is 5.97 Å². The third-order valence-corrected chi connectivity index (χ3v) is 6.80. The molecule has 2 amide bonds. The van der Waals surface area contributed by atoms with Gasteiger partial charge < -0.3 is 19.9 Å². The van der Waals surface area contributed by atoms with E-state index in [4.69, 9.17) is 26.2 Å². The van der Waals surface area contributed by atoms with Crippen molar-refractivity contribution in [2.75, 3.05) is 19.0 Å². The Bertz CT molecular complexity index is 1400. The minimum atomic E-state index is -3.84. The first-order valence-corrected chi connectivity index (χ1v) is 13.8. The molecule has 2 N–H and O–H groups in total. The molecule has 1 aliphatic rings. The fourth-order valence-corrected chi connectivity index (χ4v) is 4.92. The van der Waals surface area contributed by atoms with Crippen LogP contribution in [0.1, 0.15) is 18.9 Å². The molecule has 13 heteroatoms. The molecule has 0 aromatic heterocycles. The summed E-state index contributed by atoms with van der Waals surface area (Å²) in [5, 5.41) is 9.85. The van der Waals surface area contributed by atoms with Crippen molar-refractivity contribution in [3.63, 3.8) is 0 Å². The molecule has 1 unspecified atom stereocenters. The molecule has 0 bridgehead atoms. The highest BCUT2D eigenvalue weighted by Gasteiger charge is 2.36. The third kappa shape index (κ3) is 10.7. The third-order valence-electron chi connectivity index (χ3n) is 5.53. The predicted molar refractivity (Wildman–Crippen MR) is 158 cm³/mol. The number of nitrogens with one attached hydrogen (secondary N) is 1. The van der Waals surface area contributed by atoms with E-state index in [1.807, 2.05) is 30.3 Å². The lowest BCUT2D eigenvalue weighted by Crippen LogP contribution is -2.46. The van der Waals surface area contributed by atoms with E-state index in [0.29, 0.717) is 35.3 Å². The molecule has 0 radical (unpaired) electrons. The molecule has 4 rings (SSSR count). The van der Waals surface area contributed by atoms with Gasteiger partial charge in [-0.15, -0.1) is 8.78 Å². The summed E-state index contributed by atoms with van der Waals surface area (Å²) in [5.74, 6) is -0.979. The Hall–Kier alpha value is -4.16. The normalized spacial score (nSPS) is 15.8. The summed E-state index contributed by atoms with van der Waals surface area (Å²) < 4.78 is 35.4. The van der Waals surface area contributed by atoms with E-state index < -0.39 is 16.8 Å². The fraction of sp³-hybridized carbons (Fsp3) is 0.241. The maximum absolute atomic E-state index is 13.2. The van der Waals surface area contributed by atoms with Crippen LogP contribution in [0.15, 0.2) is 83.9 Å². The number of ether oxygens (including phenoxy) is 2. The lowest BCUT2D eigenvalue weighted by atomic mass is 10.1. The molecule has 1 fully saturated rings. The number of aliphatic imine (C=N–C) groups is 1. The lowest BCUT2D eigenvalue weighted by Gasteiger charge is -2.32. The van der Waals surface area contributed by atoms with E-state index in [1.165, 1.54) is 31.4 Å². The van der Waals surface area contributed by atoms with E-state index in [1.54, 1.807) is 29.2 Å². The van der Waals surface area contributed by atoms with Gasteiger partial charge in [-0.3, -0.25) is 19.3 Å². The molecule has 3 aromatic carbocycles. The minimum absolute atomic E-state index is 0.00807. The number of thioether (sulfide) groups is 1. The molecule has 222 valence electrons. The quantitative estimate of drug-likeness (QED) is 0.276. The molecule has 1 aliphatic heterocycles. The average Bonchev–Trinajstić information content (AvgIpc) is 2.93. The van der Waals surface area contributed by atoms with Crippen molar-refractivity contribution >= 4 is 57.7 Å². The number of carboxylic acids is 1. The molecular formula is C29H28ClF2N3O6S. The highest BCUT2D eigenvalue weighted by atomic mass is 35.5. The van der Waals surface area contributed by atoms with Gasteiger partial charge in [0.2, 0.25) is 11.8 Å². The van der Waals surface area contributed by atoms with Gasteiger partial charge in [-0.05, 0) is 48.4 Å². The maximum atomic E-state index is 13.2. The largest absolute Gasteiger partial charge is 0.497 e. The van der Waals surface area contributed by atoms with Crippen LogP contribution in [0.25, 0.3) is 0 Å². The first-order chi connectivity index (χ1) is 19.9. The van der Waals surface area contributed by atoms with Crippen LogP contribution in [-0.2, 0) is 20.8 Å². The van der Waals surface area contributed by atoms with Crippen LogP contribution in [0.4, 0.5) is 20.2 Å². The van der Waals surface area contributed by atoms with E-state index in [-0.39, 0.29) is 24.0 Å². The number of aliphatic carboxylic acids is 1. The summed E-state index contributed by atoms with van der Waals surface area (Å²) >= 11 is 5.99. The SMILES string of the molecule is CC(=O)O.COc1cccc(NC(=O)C2CC(=O)N(CCc3ccccc3)C(=Nc3ccc(OC(F)(F)Cl)cc3)S2)c1. The first kappa shape index (κ1) is 32.4. The molecular weight excluding hydrogens is 592 g/mol. The number of methoxy groups -OCH3 is 1. The van der Waals surface area contributed by atoms with Gasteiger partial charge in [0.1, 0.15) is 16.7 Å². The molecule has 1 atom stereocenters. The number of amides is 2. The number of hydrogen-bond acceptors (Lipinski definition) is 7. The predicted octanol–water partition coefficient (Wildman–Crippen LogP) is 6.16. The number of halogens is 3. The number of carbonyl (C=O) groups excluding carboxylic acids is 2. The molecule has 1 heterocycles. The zero-order valence-corrected chi connectivity index (χ0v) is 24.2. The summed E-state index contributed by atoms with van der Waals surface area (Å²) in [6.45, 7) is 1.44. The van der Waals surface area contributed by atoms with Gasteiger partial charge in [0, 0.05) is 43.2 Å². The van der Waals surface area contributed by atoms with Gasteiger partial charge in [0.15, 0.2) is 5.17 Å². The second-order valence-corrected chi connectivity index (χ2v) is 10.4. The highest BCUT2D eigenvalue weighted by Crippen LogP contribution is 2.32. The van der Waals surface area contributed by atoms with Crippen molar-refractivity contribution < 1.29 is 37.7 Å². The Morgan fingerprint density at radius 3 is 2.38 bits per heavy atom. The van der Waals surface area contributed by atoms with E-state index in [0.717, 1.165) is 24.2 Å². The number of carboxylic acid groups (broad SMARTS) is 1. The Kier molecular flexibility index (Phi) is 11.7. The lowest BCUT2D eigenvalue weighted by molar-refractivity contribution is -0.134. The fourth-order valence-electron chi connectivity index (χ4n) is 3.70. The average molecular weight is 620 g/mol. The minimum Gasteiger partial charge on any atom is -0.497 e. The van der Waals surface area contributed by atoms with Crippen LogP contribution >= 0.6 is 23.4 Å².